The number of nitrogens with one attached hydrogen (secondary N) is 1. The van der Waals surface area contributed by atoms with Gasteiger partial charge in [-0.25, -0.2) is 8.42 Å². The topological polar surface area (TPSA) is 95.7 Å². The number of carbonyl (C=O) groups is 1. The van der Waals surface area contributed by atoms with Gasteiger partial charge in [0.2, 0.25) is 10.0 Å². The molecule has 0 aliphatic carbocycles. The van der Waals surface area contributed by atoms with Gasteiger partial charge in [0, 0.05) is 37.4 Å². The first kappa shape index (κ1) is 22.9. The average molecular weight is 487 g/mol. The second-order valence-electron chi connectivity index (χ2n) is 8.49. The first-order valence-corrected chi connectivity index (χ1v) is 12.9. The fraction of sp³-hybridized carbons (Fsp3) is 0.148. The SMILES string of the molecule is Nc1ccccc1NC(=O)c1ccc(N2CCN(S(=O)(=O)c3ccc4ccccc4c3)CC2)cc1. The number of piperazine rings is 1. The monoisotopic (exact) mass is 486 g/mol. The van der Waals surface area contributed by atoms with Crippen molar-refractivity contribution in [2.24, 2.45) is 0 Å². The van der Waals surface area contributed by atoms with Gasteiger partial charge in [0.1, 0.15) is 0 Å². The summed E-state index contributed by atoms with van der Waals surface area (Å²) in [5.74, 6) is -0.235. The fourth-order valence-electron chi connectivity index (χ4n) is 4.29. The lowest BCUT2D eigenvalue weighted by molar-refractivity contribution is 0.102. The predicted molar refractivity (Wildman–Crippen MR) is 140 cm³/mol. The number of sulfonamides is 1. The van der Waals surface area contributed by atoms with Gasteiger partial charge in [0.15, 0.2) is 0 Å². The Balaban J connectivity index is 1.23. The van der Waals surface area contributed by atoms with E-state index in [-0.39, 0.29) is 5.91 Å². The van der Waals surface area contributed by atoms with Crippen LogP contribution in [-0.2, 0) is 10.0 Å². The lowest BCUT2D eigenvalue weighted by atomic mass is 10.1. The first-order valence-electron chi connectivity index (χ1n) is 11.4. The number of carbonyl (C=O) groups excluding carboxylic acids is 1. The van der Waals surface area contributed by atoms with Crippen molar-refractivity contribution in [1.29, 1.82) is 0 Å². The fourth-order valence-corrected chi connectivity index (χ4v) is 5.75. The number of fused-ring (bicyclic) bond motifs is 1. The van der Waals surface area contributed by atoms with Crippen molar-refractivity contribution in [3.05, 3.63) is 96.6 Å². The van der Waals surface area contributed by atoms with Crippen LogP contribution in [-0.4, -0.2) is 44.8 Å². The minimum atomic E-state index is -3.57. The molecule has 1 fully saturated rings. The number of nitrogens with two attached hydrogens (primary N) is 1. The van der Waals surface area contributed by atoms with E-state index < -0.39 is 10.0 Å². The zero-order chi connectivity index (χ0) is 24.4. The van der Waals surface area contributed by atoms with E-state index in [1.54, 1.807) is 40.7 Å². The summed E-state index contributed by atoms with van der Waals surface area (Å²) >= 11 is 0. The molecule has 35 heavy (non-hydrogen) atoms. The average Bonchev–Trinajstić information content (AvgIpc) is 2.90. The maximum atomic E-state index is 13.2. The van der Waals surface area contributed by atoms with Crippen LogP contribution in [0.25, 0.3) is 10.8 Å². The van der Waals surface area contributed by atoms with Crippen LogP contribution in [0.5, 0.6) is 0 Å². The van der Waals surface area contributed by atoms with E-state index in [9.17, 15) is 13.2 Å². The molecule has 0 bridgehead atoms. The van der Waals surface area contributed by atoms with E-state index in [0.717, 1.165) is 16.5 Å². The molecule has 0 unspecified atom stereocenters. The highest BCUT2D eigenvalue weighted by Crippen LogP contribution is 2.25. The van der Waals surface area contributed by atoms with Crippen LogP contribution < -0.4 is 16.0 Å². The van der Waals surface area contributed by atoms with Gasteiger partial charge in [0.25, 0.3) is 5.91 Å². The highest BCUT2D eigenvalue weighted by Gasteiger charge is 2.28. The normalized spacial score (nSPS) is 14.7. The number of nitrogens with zero attached hydrogens (tertiary/aromatic N) is 2. The summed E-state index contributed by atoms with van der Waals surface area (Å²) < 4.78 is 28.0. The Morgan fingerprint density at radius 2 is 1.43 bits per heavy atom. The molecule has 1 aliphatic heterocycles. The van der Waals surface area contributed by atoms with Gasteiger partial charge in [-0.1, -0.05) is 42.5 Å². The van der Waals surface area contributed by atoms with Crippen LogP contribution in [0.3, 0.4) is 0 Å². The maximum absolute atomic E-state index is 13.2. The van der Waals surface area contributed by atoms with Crippen molar-refractivity contribution >= 4 is 43.8 Å². The molecule has 3 N–H and O–H groups in total. The summed E-state index contributed by atoms with van der Waals surface area (Å²) in [4.78, 5) is 15.0. The number of anilines is 3. The standard InChI is InChI=1S/C27H26N4O3S/c28-25-7-3-4-8-26(25)29-27(32)21-9-12-23(13-10-21)30-15-17-31(18-16-30)35(33,34)24-14-11-20-5-1-2-6-22(20)19-24/h1-14,19H,15-18,28H2,(H,29,32). The number of hydrogen-bond acceptors (Lipinski definition) is 5. The summed E-state index contributed by atoms with van der Waals surface area (Å²) in [5, 5.41) is 4.75. The third-order valence-corrected chi connectivity index (χ3v) is 8.20. The quantitative estimate of drug-likeness (QED) is 0.413. The second-order valence-corrected chi connectivity index (χ2v) is 10.4. The molecule has 4 aromatic carbocycles. The molecular weight excluding hydrogens is 460 g/mol. The smallest absolute Gasteiger partial charge is 0.255 e. The van der Waals surface area contributed by atoms with Crippen molar-refractivity contribution in [3.8, 4) is 0 Å². The molecule has 5 rings (SSSR count). The molecule has 0 saturated carbocycles. The van der Waals surface area contributed by atoms with E-state index in [0.29, 0.717) is 48.0 Å². The zero-order valence-electron chi connectivity index (χ0n) is 19.1. The van der Waals surface area contributed by atoms with E-state index in [1.165, 1.54) is 0 Å². The van der Waals surface area contributed by atoms with Crippen LogP contribution >= 0.6 is 0 Å². The molecule has 1 amide bonds. The van der Waals surface area contributed by atoms with Gasteiger partial charge in [-0.3, -0.25) is 4.79 Å². The van der Waals surface area contributed by atoms with Crippen LogP contribution in [0.4, 0.5) is 17.1 Å². The molecule has 1 saturated heterocycles. The minimum absolute atomic E-state index is 0.235. The Bertz CT molecular complexity index is 1480. The molecule has 1 aliphatic rings. The molecule has 0 spiro atoms. The third kappa shape index (κ3) is 4.71. The molecule has 8 heteroatoms. The maximum Gasteiger partial charge on any atom is 0.255 e. The van der Waals surface area contributed by atoms with E-state index in [4.69, 9.17) is 5.73 Å². The Hall–Kier alpha value is -3.88. The second kappa shape index (κ2) is 9.40. The molecule has 1 heterocycles. The molecule has 7 nitrogen and oxygen atoms in total. The number of hydrogen-bond donors (Lipinski definition) is 2. The summed E-state index contributed by atoms with van der Waals surface area (Å²) in [6.45, 7) is 1.92. The third-order valence-electron chi connectivity index (χ3n) is 6.30. The van der Waals surface area contributed by atoms with Crippen molar-refractivity contribution in [1.82, 2.24) is 4.31 Å². The van der Waals surface area contributed by atoms with Gasteiger partial charge in [-0.15, -0.1) is 0 Å². The largest absolute Gasteiger partial charge is 0.397 e. The zero-order valence-corrected chi connectivity index (χ0v) is 19.9. The molecule has 0 atom stereocenters. The number of nitrogen functional groups attached to an aromatic ring is 1. The first-order chi connectivity index (χ1) is 16.9. The summed E-state index contributed by atoms with van der Waals surface area (Å²) in [7, 11) is -3.57. The van der Waals surface area contributed by atoms with Crippen LogP contribution in [0.2, 0.25) is 0 Å². The Kier molecular flexibility index (Phi) is 6.15. The van der Waals surface area contributed by atoms with Crippen molar-refractivity contribution in [2.45, 2.75) is 4.90 Å². The Labute approximate surface area is 204 Å². The lowest BCUT2D eigenvalue weighted by Crippen LogP contribution is -2.48. The van der Waals surface area contributed by atoms with Crippen molar-refractivity contribution in [2.75, 3.05) is 42.1 Å². The van der Waals surface area contributed by atoms with Crippen molar-refractivity contribution in [3.63, 3.8) is 0 Å². The van der Waals surface area contributed by atoms with Gasteiger partial charge < -0.3 is 16.0 Å². The van der Waals surface area contributed by atoms with Gasteiger partial charge in [0.05, 0.1) is 16.3 Å². The molecule has 0 aromatic heterocycles. The van der Waals surface area contributed by atoms with Crippen LogP contribution in [0.1, 0.15) is 10.4 Å². The minimum Gasteiger partial charge on any atom is -0.397 e. The lowest BCUT2D eigenvalue weighted by Gasteiger charge is -2.35. The van der Waals surface area contributed by atoms with Crippen LogP contribution in [0.15, 0.2) is 95.9 Å². The Morgan fingerprint density at radius 3 is 2.14 bits per heavy atom. The Morgan fingerprint density at radius 1 is 0.771 bits per heavy atom. The van der Waals surface area contributed by atoms with E-state index in [1.807, 2.05) is 54.6 Å². The number of rotatable bonds is 5. The molecule has 4 aromatic rings. The molecule has 0 radical (unpaired) electrons. The molecular formula is C27H26N4O3S. The van der Waals surface area contributed by atoms with E-state index in [2.05, 4.69) is 10.2 Å². The summed E-state index contributed by atoms with van der Waals surface area (Å²) in [6, 6.07) is 27.4. The van der Waals surface area contributed by atoms with Crippen molar-refractivity contribution < 1.29 is 13.2 Å². The van der Waals surface area contributed by atoms with Crippen LogP contribution in [0, 0.1) is 0 Å². The number of amides is 1. The number of benzene rings is 4. The van der Waals surface area contributed by atoms with E-state index >= 15 is 0 Å². The number of para-hydroxylation sites is 2. The highest BCUT2D eigenvalue weighted by molar-refractivity contribution is 7.89. The summed E-state index contributed by atoms with van der Waals surface area (Å²) in [5.41, 5.74) is 8.46. The molecule has 178 valence electrons. The van der Waals surface area contributed by atoms with Gasteiger partial charge in [-0.2, -0.15) is 4.31 Å². The predicted octanol–water partition coefficient (Wildman–Crippen LogP) is 4.19. The van der Waals surface area contributed by atoms with Gasteiger partial charge >= 0.3 is 0 Å². The summed E-state index contributed by atoms with van der Waals surface area (Å²) in [6.07, 6.45) is 0. The van der Waals surface area contributed by atoms with Gasteiger partial charge in [-0.05, 0) is 59.3 Å². The highest BCUT2D eigenvalue weighted by atomic mass is 32.2.